The second-order valence-electron chi connectivity index (χ2n) is 7.30. The number of piperazine rings is 1. The van der Waals surface area contributed by atoms with E-state index in [1.807, 2.05) is 39.0 Å². The Bertz CT molecular complexity index is 624. The third-order valence-electron chi connectivity index (χ3n) is 4.89. The molecule has 0 saturated carbocycles. The van der Waals surface area contributed by atoms with Crippen LogP contribution in [0.4, 0.5) is 5.69 Å². The van der Waals surface area contributed by atoms with Crippen LogP contribution < -0.4 is 10.6 Å². The predicted molar refractivity (Wildman–Crippen MR) is 105 cm³/mol. The van der Waals surface area contributed by atoms with Crippen molar-refractivity contribution in [3.05, 3.63) is 29.3 Å². The van der Waals surface area contributed by atoms with Gasteiger partial charge in [-0.15, -0.1) is 0 Å². The number of nitrogens with one attached hydrogen (secondary N) is 2. The minimum absolute atomic E-state index is 0.0154. The van der Waals surface area contributed by atoms with E-state index in [0.29, 0.717) is 13.1 Å². The van der Waals surface area contributed by atoms with Gasteiger partial charge in [-0.3, -0.25) is 19.4 Å². The van der Waals surface area contributed by atoms with Crippen LogP contribution in [-0.4, -0.2) is 66.9 Å². The van der Waals surface area contributed by atoms with Gasteiger partial charge in [-0.2, -0.15) is 0 Å². The van der Waals surface area contributed by atoms with Crippen molar-refractivity contribution in [3.63, 3.8) is 0 Å². The molecule has 0 aliphatic carbocycles. The topological polar surface area (TPSA) is 64.7 Å². The first-order valence-corrected chi connectivity index (χ1v) is 9.48. The number of carbonyl (C=O) groups excluding carboxylic acids is 2. The molecule has 2 rings (SSSR count). The molecule has 0 spiro atoms. The molecule has 2 N–H and O–H groups in total. The summed E-state index contributed by atoms with van der Waals surface area (Å²) in [5.41, 5.74) is 3.09. The molecule has 6 heteroatoms. The monoisotopic (exact) mass is 360 g/mol. The number of carbonyl (C=O) groups is 2. The molecular weight excluding hydrogens is 328 g/mol. The quantitative estimate of drug-likeness (QED) is 0.778. The molecule has 2 amide bonds. The zero-order chi connectivity index (χ0) is 19.1. The number of hydrogen-bond donors (Lipinski definition) is 2. The molecule has 0 bridgehead atoms. The summed E-state index contributed by atoms with van der Waals surface area (Å²) in [5.74, 6) is 0.0992. The third kappa shape index (κ3) is 6.42. The molecule has 1 heterocycles. The van der Waals surface area contributed by atoms with Crippen molar-refractivity contribution in [2.75, 3.05) is 44.6 Å². The van der Waals surface area contributed by atoms with Gasteiger partial charge in [0.05, 0.1) is 13.1 Å². The van der Waals surface area contributed by atoms with E-state index in [1.165, 1.54) is 0 Å². The molecule has 1 atom stereocenters. The molecule has 6 nitrogen and oxygen atoms in total. The molecule has 0 aromatic heterocycles. The van der Waals surface area contributed by atoms with Gasteiger partial charge < -0.3 is 10.6 Å². The smallest absolute Gasteiger partial charge is 0.238 e. The zero-order valence-corrected chi connectivity index (χ0v) is 16.5. The number of anilines is 1. The van der Waals surface area contributed by atoms with Crippen LogP contribution in [0.25, 0.3) is 0 Å². The summed E-state index contributed by atoms with van der Waals surface area (Å²) in [6.45, 7) is 12.2. The predicted octanol–water partition coefficient (Wildman–Crippen LogP) is 1.77. The molecule has 1 unspecified atom stereocenters. The van der Waals surface area contributed by atoms with Crippen molar-refractivity contribution in [1.29, 1.82) is 0 Å². The first-order chi connectivity index (χ1) is 12.4. The van der Waals surface area contributed by atoms with Crippen LogP contribution in [0, 0.1) is 13.8 Å². The zero-order valence-electron chi connectivity index (χ0n) is 16.5. The van der Waals surface area contributed by atoms with Crippen molar-refractivity contribution in [1.82, 2.24) is 15.1 Å². The minimum atomic E-state index is 0.0154. The standard InChI is InChI=1S/C20H32N4O2/c1-5-17(4)21-19(25)13-23-8-10-24(11-9-23)14-20(26)22-18-12-15(2)6-7-16(18)3/h6-7,12,17H,5,8-11,13-14H2,1-4H3,(H,21,25)(H,22,26). The first-order valence-electron chi connectivity index (χ1n) is 9.48. The van der Waals surface area contributed by atoms with Crippen LogP contribution in [0.5, 0.6) is 0 Å². The van der Waals surface area contributed by atoms with Crippen molar-refractivity contribution in [3.8, 4) is 0 Å². The van der Waals surface area contributed by atoms with Gasteiger partial charge in [0.15, 0.2) is 0 Å². The number of nitrogens with zero attached hydrogens (tertiary/aromatic N) is 2. The van der Waals surface area contributed by atoms with E-state index in [0.717, 1.165) is 49.4 Å². The van der Waals surface area contributed by atoms with Crippen LogP contribution in [0.15, 0.2) is 18.2 Å². The maximum Gasteiger partial charge on any atom is 0.238 e. The van der Waals surface area contributed by atoms with Gasteiger partial charge in [0, 0.05) is 37.9 Å². The fourth-order valence-electron chi connectivity index (χ4n) is 2.99. The number of hydrogen-bond acceptors (Lipinski definition) is 4. The van der Waals surface area contributed by atoms with Gasteiger partial charge in [0.2, 0.25) is 11.8 Å². The first kappa shape index (κ1) is 20.4. The summed E-state index contributed by atoms with van der Waals surface area (Å²) < 4.78 is 0. The largest absolute Gasteiger partial charge is 0.353 e. The lowest BCUT2D eigenvalue weighted by atomic mass is 10.1. The SMILES string of the molecule is CCC(C)NC(=O)CN1CCN(CC(=O)Nc2cc(C)ccc2C)CC1. The van der Waals surface area contributed by atoms with E-state index in [2.05, 4.69) is 27.4 Å². The Morgan fingerprint density at radius 3 is 2.19 bits per heavy atom. The molecule has 1 saturated heterocycles. The maximum atomic E-state index is 12.3. The van der Waals surface area contributed by atoms with E-state index in [9.17, 15) is 9.59 Å². The summed E-state index contributed by atoms with van der Waals surface area (Å²) in [6, 6.07) is 6.29. The average molecular weight is 361 g/mol. The summed E-state index contributed by atoms with van der Waals surface area (Å²) in [7, 11) is 0. The third-order valence-corrected chi connectivity index (χ3v) is 4.89. The van der Waals surface area contributed by atoms with Gasteiger partial charge in [-0.25, -0.2) is 0 Å². The molecule has 1 aromatic carbocycles. The normalized spacial score (nSPS) is 16.9. The van der Waals surface area contributed by atoms with Gasteiger partial charge in [0.1, 0.15) is 0 Å². The van der Waals surface area contributed by atoms with Crippen LogP contribution >= 0.6 is 0 Å². The second-order valence-corrected chi connectivity index (χ2v) is 7.30. The van der Waals surface area contributed by atoms with Crippen molar-refractivity contribution < 1.29 is 9.59 Å². The highest BCUT2D eigenvalue weighted by atomic mass is 16.2. The summed E-state index contributed by atoms with van der Waals surface area (Å²) in [5, 5.41) is 6.01. The average Bonchev–Trinajstić information content (AvgIpc) is 2.59. The Balaban J connectivity index is 1.73. The van der Waals surface area contributed by atoms with Crippen LogP contribution in [-0.2, 0) is 9.59 Å². The molecule has 1 aliphatic rings. The molecule has 1 fully saturated rings. The van der Waals surface area contributed by atoms with E-state index in [1.54, 1.807) is 0 Å². The number of aryl methyl sites for hydroxylation is 2. The lowest BCUT2D eigenvalue weighted by molar-refractivity contribution is -0.124. The van der Waals surface area contributed by atoms with Crippen molar-refractivity contribution in [2.24, 2.45) is 0 Å². The van der Waals surface area contributed by atoms with Crippen LogP contribution in [0.3, 0.4) is 0 Å². The molecular formula is C20H32N4O2. The van der Waals surface area contributed by atoms with Gasteiger partial charge >= 0.3 is 0 Å². The van der Waals surface area contributed by atoms with E-state index >= 15 is 0 Å². The lowest BCUT2D eigenvalue weighted by Gasteiger charge is -2.34. The number of benzene rings is 1. The van der Waals surface area contributed by atoms with Crippen molar-refractivity contribution in [2.45, 2.75) is 40.2 Å². The summed E-state index contributed by atoms with van der Waals surface area (Å²) >= 11 is 0. The van der Waals surface area contributed by atoms with Crippen molar-refractivity contribution >= 4 is 17.5 Å². The fourth-order valence-corrected chi connectivity index (χ4v) is 2.99. The summed E-state index contributed by atoms with van der Waals surface area (Å²) in [6.07, 6.45) is 0.940. The Labute approximate surface area is 156 Å². The fraction of sp³-hybridized carbons (Fsp3) is 0.600. The molecule has 26 heavy (non-hydrogen) atoms. The van der Waals surface area contributed by atoms with Crippen LogP contribution in [0.1, 0.15) is 31.4 Å². The van der Waals surface area contributed by atoms with Crippen LogP contribution in [0.2, 0.25) is 0 Å². The Kier molecular flexibility index (Phi) is 7.60. The maximum absolute atomic E-state index is 12.3. The number of amides is 2. The minimum Gasteiger partial charge on any atom is -0.353 e. The lowest BCUT2D eigenvalue weighted by Crippen LogP contribution is -2.51. The van der Waals surface area contributed by atoms with E-state index in [-0.39, 0.29) is 17.9 Å². The molecule has 1 aromatic rings. The summed E-state index contributed by atoms with van der Waals surface area (Å²) in [4.78, 5) is 28.6. The highest BCUT2D eigenvalue weighted by Gasteiger charge is 2.21. The van der Waals surface area contributed by atoms with Gasteiger partial charge in [-0.05, 0) is 44.4 Å². The second kappa shape index (κ2) is 9.69. The highest BCUT2D eigenvalue weighted by Crippen LogP contribution is 2.16. The van der Waals surface area contributed by atoms with Gasteiger partial charge in [-0.1, -0.05) is 19.1 Å². The van der Waals surface area contributed by atoms with E-state index in [4.69, 9.17) is 0 Å². The molecule has 0 radical (unpaired) electrons. The Hall–Kier alpha value is -1.92. The van der Waals surface area contributed by atoms with E-state index < -0.39 is 0 Å². The molecule has 144 valence electrons. The highest BCUT2D eigenvalue weighted by molar-refractivity contribution is 5.93. The Morgan fingerprint density at radius 1 is 1.04 bits per heavy atom. The molecule has 1 aliphatic heterocycles. The van der Waals surface area contributed by atoms with Gasteiger partial charge in [0.25, 0.3) is 0 Å². The number of rotatable bonds is 7. The Morgan fingerprint density at radius 2 is 1.62 bits per heavy atom.